The molecule has 0 saturated carbocycles. The van der Waals surface area contributed by atoms with Crippen LogP contribution >= 0.6 is 11.3 Å². The zero-order chi connectivity index (χ0) is 16.4. The van der Waals surface area contributed by atoms with Crippen molar-refractivity contribution >= 4 is 17.1 Å². The van der Waals surface area contributed by atoms with Crippen molar-refractivity contribution in [1.29, 1.82) is 0 Å². The number of aromatic nitrogens is 2. The molecule has 1 aromatic carbocycles. The van der Waals surface area contributed by atoms with Crippen LogP contribution in [0.3, 0.4) is 0 Å². The number of benzene rings is 1. The quantitative estimate of drug-likeness (QED) is 0.701. The van der Waals surface area contributed by atoms with Gasteiger partial charge in [-0.1, -0.05) is 35.9 Å². The van der Waals surface area contributed by atoms with E-state index >= 15 is 0 Å². The molecule has 23 heavy (non-hydrogen) atoms. The average Bonchev–Trinajstić information content (AvgIpc) is 3.17. The average molecular weight is 326 g/mol. The first-order valence-corrected chi connectivity index (χ1v) is 8.34. The fourth-order valence-electron chi connectivity index (χ4n) is 2.75. The molecule has 0 fully saturated rings. The van der Waals surface area contributed by atoms with Gasteiger partial charge in [0.1, 0.15) is 0 Å². The van der Waals surface area contributed by atoms with E-state index in [1.165, 1.54) is 0 Å². The standard InChI is InChI=1S/C18H18N2O2S/c1-11-5-7-13(8-6-11)15(21)10-14(16-4-3-9-23-16)17-12(2)19-20-18(17)22/h3-9,14H,10H2,1-2H3,(H2,19,20,22). The van der Waals surface area contributed by atoms with Gasteiger partial charge in [0, 0.05) is 34.0 Å². The van der Waals surface area contributed by atoms with Gasteiger partial charge in [0.05, 0.1) is 0 Å². The van der Waals surface area contributed by atoms with Crippen molar-refractivity contribution in [1.82, 2.24) is 10.2 Å². The normalized spacial score (nSPS) is 12.3. The molecule has 0 saturated heterocycles. The van der Waals surface area contributed by atoms with Crippen LogP contribution in [0.4, 0.5) is 0 Å². The summed E-state index contributed by atoms with van der Waals surface area (Å²) < 4.78 is 0. The number of carbonyl (C=O) groups excluding carboxylic acids is 1. The van der Waals surface area contributed by atoms with Crippen LogP contribution in [-0.4, -0.2) is 16.0 Å². The van der Waals surface area contributed by atoms with E-state index in [0.717, 1.165) is 16.1 Å². The predicted octanol–water partition coefficient (Wildman–Crippen LogP) is 3.79. The number of Topliss-reactive ketones (excluding diaryl/α,β-unsaturated/α-hetero) is 1. The third-order valence-corrected chi connectivity index (χ3v) is 5.00. The molecule has 0 aliphatic heterocycles. The van der Waals surface area contributed by atoms with Crippen LogP contribution in [0.25, 0.3) is 0 Å². The molecular weight excluding hydrogens is 308 g/mol. The minimum Gasteiger partial charge on any atom is -0.302 e. The van der Waals surface area contributed by atoms with Crippen molar-refractivity contribution in [3.63, 3.8) is 0 Å². The first-order chi connectivity index (χ1) is 11.1. The van der Waals surface area contributed by atoms with Gasteiger partial charge in [-0.2, -0.15) is 0 Å². The number of hydrogen-bond acceptors (Lipinski definition) is 3. The zero-order valence-corrected chi connectivity index (χ0v) is 13.9. The lowest BCUT2D eigenvalue weighted by molar-refractivity contribution is 0.0978. The molecule has 0 radical (unpaired) electrons. The number of ketones is 1. The molecule has 118 valence electrons. The Balaban J connectivity index is 1.95. The second kappa shape index (κ2) is 6.38. The summed E-state index contributed by atoms with van der Waals surface area (Å²) in [5.74, 6) is -0.179. The highest BCUT2D eigenvalue weighted by Gasteiger charge is 2.25. The monoisotopic (exact) mass is 326 g/mol. The van der Waals surface area contributed by atoms with E-state index in [1.54, 1.807) is 11.3 Å². The molecule has 0 bridgehead atoms. The van der Waals surface area contributed by atoms with Crippen LogP contribution in [0, 0.1) is 13.8 Å². The summed E-state index contributed by atoms with van der Waals surface area (Å²) in [5.41, 5.74) is 3.08. The van der Waals surface area contributed by atoms with Crippen molar-refractivity contribution < 1.29 is 4.79 Å². The van der Waals surface area contributed by atoms with Crippen LogP contribution in [0.1, 0.15) is 44.4 Å². The smallest absolute Gasteiger partial charge is 0.268 e. The molecule has 5 heteroatoms. The highest BCUT2D eigenvalue weighted by atomic mass is 32.1. The molecular formula is C18H18N2O2S. The van der Waals surface area contributed by atoms with E-state index < -0.39 is 0 Å². The number of aryl methyl sites for hydroxylation is 2. The SMILES string of the molecule is Cc1ccc(C(=O)CC(c2cccs2)c2c(C)[nH][nH]c2=O)cc1. The Morgan fingerprint density at radius 3 is 2.43 bits per heavy atom. The lowest BCUT2D eigenvalue weighted by Gasteiger charge is -2.14. The van der Waals surface area contributed by atoms with Crippen molar-refractivity contribution in [2.45, 2.75) is 26.2 Å². The zero-order valence-electron chi connectivity index (χ0n) is 13.1. The van der Waals surface area contributed by atoms with Crippen LogP contribution in [0.5, 0.6) is 0 Å². The fraction of sp³-hybridized carbons (Fsp3) is 0.222. The number of carbonyl (C=O) groups is 1. The Kier molecular flexibility index (Phi) is 4.30. The molecule has 0 spiro atoms. The van der Waals surface area contributed by atoms with Gasteiger partial charge in [0.15, 0.2) is 5.78 Å². The van der Waals surface area contributed by atoms with E-state index in [0.29, 0.717) is 11.1 Å². The van der Waals surface area contributed by atoms with Crippen molar-refractivity contribution in [2.24, 2.45) is 0 Å². The van der Waals surface area contributed by atoms with E-state index in [1.807, 2.05) is 55.6 Å². The van der Waals surface area contributed by atoms with E-state index in [2.05, 4.69) is 10.2 Å². The summed E-state index contributed by atoms with van der Waals surface area (Å²) in [6, 6.07) is 11.5. The fourth-order valence-corrected chi connectivity index (χ4v) is 3.59. The summed E-state index contributed by atoms with van der Waals surface area (Å²) in [5, 5.41) is 7.44. The third kappa shape index (κ3) is 3.19. The van der Waals surface area contributed by atoms with Gasteiger partial charge in [-0.15, -0.1) is 11.3 Å². The van der Waals surface area contributed by atoms with Gasteiger partial charge < -0.3 is 5.10 Å². The van der Waals surface area contributed by atoms with Gasteiger partial charge >= 0.3 is 0 Å². The van der Waals surface area contributed by atoms with Crippen molar-refractivity contribution in [3.05, 3.63) is 79.4 Å². The first kappa shape index (κ1) is 15.5. The molecule has 4 nitrogen and oxygen atoms in total. The molecule has 2 heterocycles. The van der Waals surface area contributed by atoms with E-state index in [4.69, 9.17) is 0 Å². The summed E-state index contributed by atoms with van der Waals surface area (Å²) in [6.07, 6.45) is 0.283. The van der Waals surface area contributed by atoms with Crippen molar-refractivity contribution in [2.75, 3.05) is 0 Å². The summed E-state index contributed by atoms with van der Waals surface area (Å²) in [4.78, 5) is 25.8. The maximum absolute atomic E-state index is 12.7. The Labute approximate surface area is 138 Å². The number of aromatic amines is 2. The third-order valence-electron chi connectivity index (χ3n) is 4.01. The largest absolute Gasteiger partial charge is 0.302 e. The predicted molar refractivity (Wildman–Crippen MR) is 92.4 cm³/mol. The minimum absolute atomic E-state index is 0.0448. The Morgan fingerprint density at radius 2 is 1.87 bits per heavy atom. The molecule has 3 rings (SSSR count). The second-order valence-electron chi connectivity index (χ2n) is 5.68. The first-order valence-electron chi connectivity index (χ1n) is 7.46. The number of H-pyrrole nitrogens is 2. The van der Waals surface area contributed by atoms with Gasteiger partial charge in [0.25, 0.3) is 5.56 Å². The lowest BCUT2D eigenvalue weighted by atomic mass is 9.90. The van der Waals surface area contributed by atoms with Gasteiger partial charge in [0.2, 0.25) is 0 Å². The van der Waals surface area contributed by atoms with Gasteiger partial charge in [-0.05, 0) is 25.3 Å². The highest BCUT2D eigenvalue weighted by molar-refractivity contribution is 7.10. The van der Waals surface area contributed by atoms with Crippen molar-refractivity contribution in [3.8, 4) is 0 Å². The number of nitrogens with one attached hydrogen (secondary N) is 2. The topological polar surface area (TPSA) is 65.7 Å². The lowest BCUT2D eigenvalue weighted by Crippen LogP contribution is -2.16. The molecule has 0 aliphatic carbocycles. The Morgan fingerprint density at radius 1 is 1.13 bits per heavy atom. The van der Waals surface area contributed by atoms with Crippen LogP contribution in [-0.2, 0) is 0 Å². The molecule has 0 amide bonds. The van der Waals surface area contributed by atoms with E-state index in [-0.39, 0.29) is 23.7 Å². The maximum atomic E-state index is 12.7. The highest BCUT2D eigenvalue weighted by Crippen LogP contribution is 2.32. The molecule has 2 N–H and O–H groups in total. The van der Waals surface area contributed by atoms with E-state index in [9.17, 15) is 9.59 Å². The van der Waals surface area contributed by atoms with Crippen LogP contribution < -0.4 is 5.56 Å². The maximum Gasteiger partial charge on any atom is 0.268 e. The summed E-state index contributed by atoms with van der Waals surface area (Å²) >= 11 is 1.57. The summed E-state index contributed by atoms with van der Waals surface area (Å²) in [6.45, 7) is 3.84. The van der Waals surface area contributed by atoms with Gasteiger partial charge in [-0.25, -0.2) is 0 Å². The Hall–Kier alpha value is -2.40. The molecule has 2 aromatic heterocycles. The molecule has 1 atom stereocenters. The molecule has 0 aliphatic rings. The number of rotatable bonds is 5. The number of hydrogen-bond donors (Lipinski definition) is 2. The Bertz CT molecular complexity index is 857. The second-order valence-corrected chi connectivity index (χ2v) is 6.66. The van der Waals surface area contributed by atoms with Crippen LogP contribution in [0.15, 0.2) is 46.6 Å². The van der Waals surface area contributed by atoms with Gasteiger partial charge in [-0.3, -0.25) is 14.7 Å². The minimum atomic E-state index is -0.223. The molecule has 3 aromatic rings. The molecule has 1 unspecified atom stereocenters. The van der Waals surface area contributed by atoms with Crippen LogP contribution in [0.2, 0.25) is 0 Å². The number of thiophene rings is 1. The summed E-state index contributed by atoms with van der Waals surface area (Å²) in [7, 11) is 0.